The molecule has 3 heterocycles. The van der Waals surface area contributed by atoms with E-state index in [1.54, 1.807) is 17.0 Å². The summed E-state index contributed by atoms with van der Waals surface area (Å²) in [4.78, 5) is 26.4. The van der Waals surface area contributed by atoms with Gasteiger partial charge in [0.2, 0.25) is 11.8 Å². The Morgan fingerprint density at radius 2 is 2.04 bits per heavy atom. The van der Waals surface area contributed by atoms with Gasteiger partial charge >= 0.3 is 0 Å². The minimum Gasteiger partial charge on any atom is -0.344 e. The second kappa shape index (κ2) is 6.81. The maximum absolute atomic E-state index is 12.7. The van der Waals surface area contributed by atoms with Gasteiger partial charge < -0.3 is 10.2 Å². The molecule has 2 aliphatic heterocycles. The second-order valence-electron chi connectivity index (χ2n) is 6.11. The van der Waals surface area contributed by atoms with Crippen LogP contribution in [-0.4, -0.2) is 61.7 Å². The zero-order chi connectivity index (χ0) is 17.3. The van der Waals surface area contributed by atoms with Crippen LogP contribution in [0.2, 0.25) is 0 Å². The minimum absolute atomic E-state index is 0.0968. The number of rotatable bonds is 3. The van der Waals surface area contributed by atoms with Gasteiger partial charge in [-0.25, -0.2) is 8.42 Å². The summed E-state index contributed by atoms with van der Waals surface area (Å²) in [6.07, 6.45) is 1.49. The predicted molar refractivity (Wildman–Crippen MR) is 90.2 cm³/mol. The van der Waals surface area contributed by atoms with Crippen LogP contribution in [0.25, 0.3) is 0 Å². The first-order valence-corrected chi connectivity index (χ1v) is 10.3. The maximum Gasteiger partial charge on any atom is 0.252 e. The van der Waals surface area contributed by atoms with E-state index in [-0.39, 0.29) is 18.4 Å². The lowest BCUT2D eigenvalue weighted by Gasteiger charge is -2.24. The summed E-state index contributed by atoms with van der Waals surface area (Å²) in [7, 11) is -3.50. The van der Waals surface area contributed by atoms with Gasteiger partial charge in [0.25, 0.3) is 10.0 Å². The highest BCUT2D eigenvalue weighted by atomic mass is 32.2. The quantitative estimate of drug-likeness (QED) is 0.841. The van der Waals surface area contributed by atoms with Crippen LogP contribution < -0.4 is 5.32 Å². The number of thiophene rings is 1. The Labute approximate surface area is 145 Å². The van der Waals surface area contributed by atoms with E-state index in [1.807, 2.05) is 6.92 Å². The van der Waals surface area contributed by atoms with Crippen LogP contribution >= 0.6 is 11.3 Å². The fourth-order valence-electron chi connectivity index (χ4n) is 3.05. The molecule has 9 heteroatoms. The van der Waals surface area contributed by atoms with Crippen molar-refractivity contribution in [2.75, 3.05) is 26.2 Å². The van der Waals surface area contributed by atoms with Gasteiger partial charge in [-0.15, -0.1) is 11.3 Å². The van der Waals surface area contributed by atoms with E-state index in [2.05, 4.69) is 5.32 Å². The Morgan fingerprint density at radius 1 is 1.25 bits per heavy atom. The van der Waals surface area contributed by atoms with Crippen LogP contribution in [0, 0.1) is 6.92 Å². The molecule has 1 unspecified atom stereocenters. The fraction of sp³-hybridized carbons (Fsp3) is 0.600. The molecule has 1 aromatic heterocycles. The van der Waals surface area contributed by atoms with Crippen LogP contribution in [0.15, 0.2) is 16.3 Å². The summed E-state index contributed by atoms with van der Waals surface area (Å²) in [6, 6.07) is 2.98. The molecule has 2 saturated heterocycles. The van der Waals surface area contributed by atoms with Crippen molar-refractivity contribution in [3.8, 4) is 0 Å². The van der Waals surface area contributed by atoms with E-state index in [9.17, 15) is 18.0 Å². The number of nitrogens with zero attached hydrogens (tertiary/aromatic N) is 2. The molecule has 132 valence electrons. The molecule has 2 aliphatic rings. The normalized spacial score (nSPS) is 23.1. The average Bonchev–Trinajstić information content (AvgIpc) is 3.08. The summed E-state index contributed by atoms with van der Waals surface area (Å²) in [6.45, 7) is 3.43. The van der Waals surface area contributed by atoms with Crippen molar-refractivity contribution in [3.05, 3.63) is 17.0 Å². The monoisotopic (exact) mass is 371 g/mol. The van der Waals surface area contributed by atoms with Gasteiger partial charge in [0.15, 0.2) is 0 Å². The molecule has 2 amide bonds. The molecule has 1 N–H and O–H groups in total. The summed E-state index contributed by atoms with van der Waals surface area (Å²) >= 11 is 1.27. The highest BCUT2D eigenvalue weighted by molar-refractivity contribution is 7.91. The van der Waals surface area contributed by atoms with Gasteiger partial charge in [-0.3, -0.25) is 9.59 Å². The summed E-state index contributed by atoms with van der Waals surface area (Å²) in [5.74, 6) is -0.201. The predicted octanol–water partition coefficient (Wildman–Crippen LogP) is 0.558. The van der Waals surface area contributed by atoms with Crippen molar-refractivity contribution in [2.24, 2.45) is 0 Å². The molecule has 7 nitrogen and oxygen atoms in total. The average molecular weight is 371 g/mol. The Morgan fingerprint density at radius 3 is 2.67 bits per heavy atom. The fourth-order valence-corrected chi connectivity index (χ4v) is 5.96. The van der Waals surface area contributed by atoms with Crippen molar-refractivity contribution in [3.63, 3.8) is 0 Å². The highest BCUT2D eigenvalue weighted by Gasteiger charge is 2.33. The number of sulfonamides is 1. The molecule has 3 rings (SSSR count). The molecular formula is C15H21N3O4S2. The van der Waals surface area contributed by atoms with E-state index >= 15 is 0 Å². The number of hydrogen-bond acceptors (Lipinski definition) is 5. The van der Waals surface area contributed by atoms with Gasteiger partial charge in [0.05, 0.1) is 0 Å². The van der Waals surface area contributed by atoms with Crippen molar-refractivity contribution < 1.29 is 18.0 Å². The summed E-state index contributed by atoms with van der Waals surface area (Å²) in [5, 5.41) is 2.68. The summed E-state index contributed by atoms with van der Waals surface area (Å²) < 4.78 is 27.2. The standard InChI is InChI=1S/C15H21N3O4S2/c1-11-3-6-14(23-11)24(21,22)18-8-2-7-17(9-10-18)15(20)12-4-5-13(19)16-12/h3,6,12H,2,4-5,7-10H2,1H3,(H,16,19). The largest absolute Gasteiger partial charge is 0.344 e. The number of carbonyl (C=O) groups excluding carboxylic acids is 2. The van der Waals surface area contributed by atoms with E-state index in [0.717, 1.165) is 4.88 Å². The number of amides is 2. The van der Waals surface area contributed by atoms with E-state index in [0.29, 0.717) is 43.1 Å². The lowest BCUT2D eigenvalue weighted by molar-refractivity contribution is -0.134. The Kier molecular flexibility index (Phi) is 4.93. The van der Waals surface area contributed by atoms with E-state index in [1.165, 1.54) is 15.6 Å². The molecule has 0 radical (unpaired) electrons. The van der Waals surface area contributed by atoms with Gasteiger partial charge in [-0.2, -0.15) is 4.31 Å². The molecule has 2 fully saturated rings. The SMILES string of the molecule is Cc1ccc(S(=O)(=O)N2CCCN(C(=O)C3CCC(=O)N3)CC2)s1. The summed E-state index contributed by atoms with van der Waals surface area (Å²) in [5.41, 5.74) is 0. The Balaban J connectivity index is 1.67. The lowest BCUT2D eigenvalue weighted by atomic mass is 10.2. The molecule has 1 atom stereocenters. The Hall–Kier alpha value is -1.45. The molecule has 0 aromatic carbocycles. The van der Waals surface area contributed by atoms with Crippen molar-refractivity contribution in [1.29, 1.82) is 0 Å². The van der Waals surface area contributed by atoms with Crippen molar-refractivity contribution >= 4 is 33.2 Å². The van der Waals surface area contributed by atoms with Crippen LogP contribution in [0.5, 0.6) is 0 Å². The second-order valence-corrected chi connectivity index (χ2v) is 9.56. The first kappa shape index (κ1) is 17.4. The third kappa shape index (κ3) is 3.47. The maximum atomic E-state index is 12.7. The topological polar surface area (TPSA) is 86.8 Å². The zero-order valence-corrected chi connectivity index (χ0v) is 15.2. The van der Waals surface area contributed by atoms with E-state index < -0.39 is 16.1 Å². The smallest absolute Gasteiger partial charge is 0.252 e. The molecule has 0 saturated carbocycles. The van der Waals surface area contributed by atoms with E-state index in [4.69, 9.17) is 0 Å². The van der Waals surface area contributed by atoms with Crippen LogP contribution in [0.1, 0.15) is 24.1 Å². The molecule has 0 aliphatic carbocycles. The first-order valence-electron chi connectivity index (χ1n) is 8.02. The molecule has 0 bridgehead atoms. The number of aryl methyl sites for hydroxylation is 1. The Bertz CT molecular complexity index is 744. The molecular weight excluding hydrogens is 350 g/mol. The third-order valence-corrected chi connectivity index (χ3v) is 7.74. The van der Waals surface area contributed by atoms with Gasteiger partial charge in [0, 0.05) is 37.5 Å². The molecule has 0 spiro atoms. The zero-order valence-electron chi connectivity index (χ0n) is 13.5. The molecule has 1 aromatic rings. The van der Waals surface area contributed by atoms with Crippen molar-refractivity contribution in [1.82, 2.24) is 14.5 Å². The number of carbonyl (C=O) groups is 2. The van der Waals surface area contributed by atoms with Crippen LogP contribution in [0.4, 0.5) is 0 Å². The third-order valence-electron chi connectivity index (χ3n) is 4.37. The van der Waals surface area contributed by atoms with Gasteiger partial charge in [0.1, 0.15) is 10.3 Å². The van der Waals surface area contributed by atoms with Crippen LogP contribution in [0.3, 0.4) is 0 Å². The lowest BCUT2D eigenvalue weighted by Crippen LogP contribution is -2.46. The highest BCUT2D eigenvalue weighted by Crippen LogP contribution is 2.25. The first-order chi connectivity index (χ1) is 11.4. The minimum atomic E-state index is -3.50. The number of hydrogen-bond donors (Lipinski definition) is 1. The van der Waals surface area contributed by atoms with Gasteiger partial charge in [-0.05, 0) is 31.9 Å². The number of nitrogens with one attached hydrogen (secondary N) is 1. The molecule has 24 heavy (non-hydrogen) atoms. The van der Waals surface area contributed by atoms with Crippen molar-refractivity contribution in [2.45, 2.75) is 36.4 Å². The van der Waals surface area contributed by atoms with Gasteiger partial charge in [-0.1, -0.05) is 0 Å². The van der Waals surface area contributed by atoms with Crippen LogP contribution in [-0.2, 0) is 19.6 Å².